The van der Waals surface area contributed by atoms with E-state index in [1.165, 1.54) is 12.7 Å². The molecule has 98 valence electrons. The van der Waals surface area contributed by atoms with E-state index in [-0.39, 0.29) is 5.91 Å². The first-order valence-electron chi connectivity index (χ1n) is 5.90. The maximum Gasteiger partial charge on any atom is 0.275 e. The zero-order valence-electron chi connectivity index (χ0n) is 10.6. The summed E-state index contributed by atoms with van der Waals surface area (Å²) in [6.45, 7) is 0. The highest BCUT2D eigenvalue weighted by molar-refractivity contribution is 7.98. The molecular weight excluding hydrogens is 258 g/mol. The summed E-state index contributed by atoms with van der Waals surface area (Å²) in [4.78, 5) is 17.4. The van der Waals surface area contributed by atoms with Crippen LogP contribution in [0.2, 0.25) is 0 Å². The molecule has 0 saturated carbocycles. The predicted molar refractivity (Wildman–Crippen MR) is 76.9 cm³/mol. The van der Waals surface area contributed by atoms with Gasteiger partial charge in [0, 0.05) is 10.6 Å². The van der Waals surface area contributed by atoms with E-state index in [0.717, 1.165) is 10.6 Å². The Morgan fingerprint density at radius 2 is 1.79 bits per heavy atom. The Balaban J connectivity index is 2.10. The second-order valence-electron chi connectivity index (χ2n) is 3.91. The molecule has 2 aromatic carbocycles. The summed E-state index contributed by atoms with van der Waals surface area (Å²) in [5, 5.41) is 0. The van der Waals surface area contributed by atoms with Crippen LogP contribution in [0.3, 0.4) is 0 Å². The Morgan fingerprint density at radius 3 is 2.53 bits per heavy atom. The minimum Gasteiger partial charge on any atom is -0.277 e. The van der Waals surface area contributed by atoms with Crippen molar-refractivity contribution < 1.29 is 9.63 Å². The summed E-state index contributed by atoms with van der Waals surface area (Å²) in [5.41, 5.74) is 4.21. The molecule has 1 amide bonds. The van der Waals surface area contributed by atoms with Crippen LogP contribution >= 0.6 is 11.8 Å². The lowest BCUT2D eigenvalue weighted by atomic mass is 10.2. The molecule has 1 N–H and O–H groups in total. The predicted octanol–water partition coefficient (Wildman–Crippen LogP) is 3.27. The van der Waals surface area contributed by atoms with Gasteiger partial charge in [-0.2, -0.15) is 0 Å². The van der Waals surface area contributed by atoms with E-state index in [1.807, 2.05) is 36.4 Å². The van der Waals surface area contributed by atoms with Gasteiger partial charge in [0.05, 0.1) is 12.7 Å². The summed E-state index contributed by atoms with van der Waals surface area (Å²) in [6, 6.07) is 17.7. The van der Waals surface area contributed by atoms with Crippen molar-refractivity contribution in [1.29, 1.82) is 0 Å². The standard InChI is InChI=1S/C15H15NO2S/c1-18-16-15(17)13-9-5-6-10-14(13)19-11-12-7-3-2-4-8-12/h2-10H,11H2,1H3,(H,16,17). The highest BCUT2D eigenvalue weighted by atomic mass is 32.2. The zero-order chi connectivity index (χ0) is 13.5. The van der Waals surface area contributed by atoms with E-state index < -0.39 is 0 Å². The molecule has 2 rings (SSSR count). The fraction of sp³-hybridized carbons (Fsp3) is 0.133. The summed E-state index contributed by atoms with van der Waals surface area (Å²) in [5.74, 6) is 0.608. The second-order valence-corrected chi connectivity index (χ2v) is 4.92. The average molecular weight is 273 g/mol. The molecule has 0 aliphatic heterocycles. The van der Waals surface area contributed by atoms with Gasteiger partial charge in [0.25, 0.3) is 5.91 Å². The Kier molecular flexibility index (Phi) is 5.01. The number of hydrogen-bond donors (Lipinski definition) is 1. The third-order valence-corrected chi connectivity index (χ3v) is 3.71. The van der Waals surface area contributed by atoms with Gasteiger partial charge in [-0.25, -0.2) is 5.48 Å². The summed E-state index contributed by atoms with van der Waals surface area (Å²) < 4.78 is 0. The van der Waals surface area contributed by atoms with Crippen molar-refractivity contribution >= 4 is 17.7 Å². The lowest BCUT2D eigenvalue weighted by Crippen LogP contribution is -2.22. The van der Waals surface area contributed by atoms with Crippen LogP contribution in [0.4, 0.5) is 0 Å². The number of benzene rings is 2. The van der Waals surface area contributed by atoms with Crippen molar-refractivity contribution in [1.82, 2.24) is 5.48 Å². The Bertz CT molecular complexity index is 543. The molecule has 0 radical (unpaired) electrons. The van der Waals surface area contributed by atoms with Crippen molar-refractivity contribution in [2.24, 2.45) is 0 Å². The van der Waals surface area contributed by atoms with Crippen molar-refractivity contribution in [2.75, 3.05) is 7.11 Å². The third kappa shape index (κ3) is 3.84. The van der Waals surface area contributed by atoms with Gasteiger partial charge in [-0.1, -0.05) is 42.5 Å². The molecule has 0 bridgehead atoms. The minimum atomic E-state index is -0.223. The number of hydrogen-bond acceptors (Lipinski definition) is 3. The molecule has 19 heavy (non-hydrogen) atoms. The minimum absolute atomic E-state index is 0.223. The number of carbonyl (C=O) groups is 1. The molecule has 0 atom stereocenters. The molecule has 4 heteroatoms. The Labute approximate surface area is 116 Å². The van der Waals surface area contributed by atoms with Gasteiger partial charge >= 0.3 is 0 Å². The highest BCUT2D eigenvalue weighted by Crippen LogP contribution is 2.26. The number of carbonyl (C=O) groups excluding carboxylic acids is 1. The maximum atomic E-state index is 11.8. The van der Waals surface area contributed by atoms with Gasteiger partial charge < -0.3 is 0 Å². The van der Waals surface area contributed by atoms with E-state index >= 15 is 0 Å². The van der Waals surface area contributed by atoms with Crippen LogP contribution in [0.25, 0.3) is 0 Å². The van der Waals surface area contributed by atoms with Crippen molar-refractivity contribution in [3.8, 4) is 0 Å². The van der Waals surface area contributed by atoms with Crippen LogP contribution in [-0.4, -0.2) is 13.0 Å². The Morgan fingerprint density at radius 1 is 1.11 bits per heavy atom. The largest absolute Gasteiger partial charge is 0.277 e. The van der Waals surface area contributed by atoms with Crippen LogP contribution in [0.1, 0.15) is 15.9 Å². The number of hydroxylamine groups is 1. The fourth-order valence-electron chi connectivity index (χ4n) is 1.66. The van der Waals surface area contributed by atoms with Crippen LogP contribution in [-0.2, 0) is 10.6 Å². The number of amides is 1. The third-order valence-electron chi connectivity index (χ3n) is 2.56. The molecule has 0 saturated heterocycles. The van der Waals surface area contributed by atoms with E-state index in [4.69, 9.17) is 0 Å². The first-order valence-corrected chi connectivity index (χ1v) is 6.89. The lowest BCUT2D eigenvalue weighted by molar-refractivity contribution is 0.0534. The van der Waals surface area contributed by atoms with Crippen molar-refractivity contribution in [3.05, 3.63) is 65.7 Å². The monoisotopic (exact) mass is 273 g/mol. The smallest absolute Gasteiger partial charge is 0.275 e. The zero-order valence-corrected chi connectivity index (χ0v) is 11.4. The molecule has 0 unspecified atom stereocenters. The first kappa shape index (κ1) is 13.6. The van der Waals surface area contributed by atoms with E-state index in [2.05, 4.69) is 22.5 Å². The molecule has 0 fully saturated rings. The molecule has 0 aliphatic rings. The van der Waals surface area contributed by atoms with Crippen molar-refractivity contribution in [2.45, 2.75) is 10.6 Å². The second kappa shape index (κ2) is 6.97. The number of rotatable bonds is 5. The van der Waals surface area contributed by atoms with Crippen LogP contribution < -0.4 is 5.48 Å². The van der Waals surface area contributed by atoms with Gasteiger partial charge in [-0.3, -0.25) is 9.63 Å². The van der Waals surface area contributed by atoms with Gasteiger partial charge in [0.1, 0.15) is 0 Å². The maximum absolute atomic E-state index is 11.8. The van der Waals surface area contributed by atoms with Gasteiger partial charge in [0.15, 0.2) is 0 Å². The van der Waals surface area contributed by atoms with Crippen LogP contribution in [0.5, 0.6) is 0 Å². The van der Waals surface area contributed by atoms with Crippen LogP contribution in [0, 0.1) is 0 Å². The topological polar surface area (TPSA) is 38.3 Å². The summed E-state index contributed by atoms with van der Waals surface area (Å²) in [6.07, 6.45) is 0. The molecule has 0 spiro atoms. The molecule has 3 nitrogen and oxygen atoms in total. The lowest BCUT2D eigenvalue weighted by Gasteiger charge is -2.08. The Hall–Kier alpha value is -1.78. The highest BCUT2D eigenvalue weighted by Gasteiger charge is 2.10. The average Bonchev–Trinajstić information content (AvgIpc) is 2.47. The molecule has 0 aromatic heterocycles. The fourth-order valence-corrected chi connectivity index (χ4v) is 2.67. The molecular formula is C15H15NO2S. The first-order chi connectivity index (χ1) is 9.31. The number of thioether (sulfide) groups is 1. The van der Waals surface area contributed by atoms with Gasteiger partial charge in [0.2, 0.25) is 0 Å². The van der Waals surface area contributed by atoms with Gasteiger partial charge in [-0.05, 0) is 17.7 Å². The van der Waals surface area contributed by atoms with E-state index in [1.54, 1.807) is 17.8 Å². The molecule has 0 aliphatic carbocycles. The quantitative estimate of drug-likeness (QED) is 0.671. The van der Waals surface area contributed by atoms with E-state index in [9.17, 15) is 4.79 Å². The number of nitrogens with one attached hydrogen (secondary N) is 1. The van der Waals surface area contributed by atoms with Gasteiger partial charge in [-0.15, -0.1) is 11.8 Å². The summed E-state index contributed by atoms with van der Waals surface area (Å²) in [7, 11) is 1.43. The molecule has 2 aromatic rings. The van der Waals surface area contributed by atoms with Crippen molar-refractivity contribution in [3.63, 3.8) is 0 Å². The SMILES string of the molecule is CONC(=O)c1ccccc1SCc1ccccc1. The normalized spacial score (nSPS) is 10.2. The van der Waals surface area contributed by atoms with Crippen LogP contribution in [0.15, 0.2) is 59.5 Å². The molecule has 0 heterocycles. The van der Waals surface area contributed by atoms with E-state index in [0.29, 0.717) is 5.56 Å². The summed E-state index contributed by atoms with van der Waals surface area (Å²) >= 11 is 1.64.